The zero-order valence-corrected chi connectivity index (χ0v) is 17.6. The van der Waals surface area contributed by atoms with Crippen molar-refractivity contribution in [3.63, 3.8) is 0 Å². The summed E-state index contributed by atoms with van der Waals surface area (Å²) in [6, 6.07) is 18.0. The number of thiocarbonyl (C=S) groups is 1. The van der Waals surface area contributed by atoms with Gasteiger partial charge < -0.3 is 14.8 Å². The molecule has 0 aliphatic carbocycles. The van der Waals surface area contributed by atoms with E-state index in [1.54, 1.807) is 0 Å². The van der Waals surface area contributed by atoms with Crippen LogP contribution in [0.4, 0.5) is 0 Å². The van der Waals surface area contributed by atoms with E-state index in [9.17, 15) is 0 Å². The molecule has 0 aromatic heterocycles. The predicted octanol–water partition coefficient (Wildman–Crippen LogP) is 2.79. The monoisotopic (exact) mass is 412 g/mol. The molecule has 0 spiro atoms. The number of hydrogen-bond donors (Lipinski definition) is 2. The Balaban J connectivity index is 1.49. The molecule has 29 heavy (non-hydrogen) atoms. The van der Waals surface area contributed by atoms with Crippen molar-refractivity contribution in [1.82, 2.24) is 15.6 Å². The summed E-state index contributed by atoms with van der Waals surface area (Å²) in [5.74, 6) is 0.797. The van der Waals surface area contributed by atoms with Gasteiger partial charge >= 0.3 is 0 Å². The van der Waals surface area contributed by atoms with Gasteiger partial charge in [-0.25, -0.2) is 0 Å². The molecule has 0 radical (unpaired) electrons. The Kier molecular flexibility index (Phi) is 8.42. The van der Waals surface area contributed by atoms with Gasteiger partial charge in [0.05, 0.1) is 18.9 Å². The smallest absolute Gasteiger partial charge is 0.187 e. The van der Waals surface area contributed by atoms with Gasteiger partial charge in [0.15, 0.2) is 5.11 Å². The molecule has 0 saturated carbocycles. The molecule has 1 aliphatic rings. The fraction of sp³-hybridized carbons (Fsp3) is 0.364. The summed E-state index contributed by atoms with van der Waals surface area (Å²) in [5, 5.41) is 8.14. The molecule has 3 rings (SSSR count). The van der Waals surface area contributed by atoms with Crippen LogP contribution in [0.3, 0.4) is 0 Å². The van der Waals surface area contributed by atoms with E-state index < -0.39 is 0 Å². The third kappa shape index (κ3) is 7.12. The quantitative estimate of drug-likeness (QED) is 0.395. The topological polar surface area (TPSA) is 58.1 Å². The zero-order chi connectivity index (χ0) is 20.3. The number of nitrogens with zero attached hydrogens (tertiary/aromatic N) is 2. The highest BCUT2D eigenvalue weighted by atomic mass is 32.1. The minimum atomic E-state index is 0.514. The van der Waals surface area contributed by atoms with Crippen molar-refractivity contribution in [3.05, 3.63) is 65.7 Å². The van der Waals surface area contributed by atoms with Crippen LogP contribution < -0.4 is 15.5 Å². The largest absolute Gasteiger partial charge is 0.488 e. The Hall–Kier alpha value is -2.48. The van der Waals surface area contributed by atoms with Gasteiger partial charge in [-0.1, -0.05) is 42.5 Å². The Morgan fingerprint density at radius 3 is 2.62 bits per heavy atom. The lowest BCUT2D eigenvalue weighted by Crippen LogP contribution is -2.42. The van der Waals surface area contributed by atoms with Crippen LogP contribution in [-0.4, -0.2) is 55.1 Å². The van der Waals surface area contributed by atoms with Gasteiger partial charge in [0, 0.05) is 31.7 Å². The van der Waals surface area contributed by atoms with E-state index in [1.807, 2.05) is 61.5 Å². The van der Waals surface area contributed by atoms with Crippen LogP contribution in [0.5, 0.6) is 5.75 Å². The molecule has 1 heterocycles. The first-order valence-electron chi connectivity index (χ1n) is 9.87. The summed E-state index contributed by atoms with van der Waals surface area (Å²) < 4.78 is 11.4. The third-order valence-corrected chi connectivity index (χ3v) is 4.89. The highest BCUT2D eigenvalue weighted by molar-refractivity contribution is 7.80. The number of rotatable bonds is 8. The molecule has 1 fully saturated rings. The molecule has 2 aromatic carbocycles. The molecule has 0 amide bonds. The van der Waals surface area contributed by atoms with Gasteiger partial charge in [0.25, 0.3) is 0 Å². The van der Waals surface area contributed by atoms with Crippen LogP contribution >= 0.6 is 12.2 Å². The normalized spacial score (nSPS) is 15.0. The summed E-state index contributed by atoms with van der Waals surface area (Å²) in [5.41, 5.74) is 5.80. The van der Waals surface area contributed by atoms with Crippen LogP contribution in [-0.2, 0) is 11.3 Å². The summed E-state index contributed by atoms with van der Waals surface area (Å²) in [6.45, 7) is 7.71. The van der Waals surface area contributed by atoms with Crippen LogP contribution in [0.2, 0.25) is 0 Å². The van der Waals surface area contributed by atoms with Crippen molar-refractivity contribution in [2.75, 3.05) is 39.4 Å². The van der Waals surface area contributed by atoms with Crippen LogP contribution in [0.1, 0.15) is 18.1 Å². The Bertz CT molecular complexity index is 807. The maximum atomic E-state index is 6.01. The van der Waals surface area contributed by atoms with E-state index in [4.69, 9.17) is 21.7 Å². The van der Waals surface area contributed by atoms with Crippen molar-refractivity contribution in [2.45, 2.75) is 13.5 Å². The lowest BCUT2D eigenvalue weighted by molar-refractivity contribution is 0.0389. The summed E-state index contributed by atoms with van der Waals surface area (Å²) >= 11 is 5.33. The second kappa shape index (κ2) is 11.5. The Morgan fingerprint density at radius 1 is 1.10 bits per heavy atom. The van der Waals surface area contributed by atoms with Gasteiger partial charge in [-0.05, 0) is 36.8 Å². The second-order valence-electron chi connectivity index (χ2n) is 6.79. The number of morpholine rings is 1. The average Bonchev–Trinajstić information content (AvgIpc) is 2.78. The number of hydrazone groups is 1. The molecular formula is C22H28N4O2S. The molecule has 1 saturated heterocycles. The van der Waals surface area contributed by atoms with Crippen LogP contribution in [0.15, 0.2) is 59.7 Å². The van der Waals surface area contributed by atoms with E-state index in [0.717, 1.165) is 62.0 Å². The molecule has 154 valence electrons. The third-order valence-electron chi connectivity index (χ3n) is 4.66. The summed E-state index contributed by atoms with van der Waals surface area (Å²) in [6.07, 6.45) is 0. The van der Waals surface area contributed by atoms with E-state index in [2.05, 4.69) is 20.7 Å². The lowest BCUT2D eigenvalue weighted by Gasteiger charge is -2.26. The second-order valence-corrected chi connectivity index (χ2v) is 7.20. The van der Waals surface area contributed by atoms with Gasteiger partial charge in [-0.2, -0.15) is 5.10 Å². The van der Waals surface area contributed by atoms with Crippen molar-refractivity contribution >= 4 is 23.0 Å². The SMILES string of the molecule is C/C(=N/NC(=S)NCCN1CCOCC1)c1ccccc1OCc1ccccc1. The first-order valence-corrected chi connectivity index (χ1v) is 10.3. The van der Waals surface area contributed by atoms with Crippen LogP contribution in [0.25, 0.3) is 0 Å². The maximum absolute atomic E-state index is 6.01. The van der Waals surface area contributed by atoms with Crippen molar-refractivity contribution in [3.8, 4) is 5.75 Å². The molecular weight excluding hydrogens is 384 g/mol. The fourth-order valence-electron chi connectivity index (χ4n) is 3.01. The van der Waals surface area contributed by atoms with Crippen molar-refractivity contribution < 1.29 is 9.47 Å². The van der Waals surface area contributed by atoms with E-state index >= 15 is 0 Å². The molecule has 0 bridgehead atoms. The lowest BCUT2D eigenvalue weighted by atomic mass is 10.1. The number of hydrogen-bond acceptors (Lipinski definition) is 5. The molecule has 0 atom stereocenters. The average molecular weight is 413 g/mol. The van der Waals surface area contributed by atoms with Gasteiger partial charge in [-0.3, -0.25) is 10.3 Å². The highest BCUT2D eigenvalue weighted by Crippen LogP contribution is 2.20. The number of benzene rings is 2. The maximum Gasteiger partial charge on any atom is 0.187 e. The van der Waals surface area contributed by atoms with E-state index in [-0.39, 0.29) is 0 Å². The van der Waals surface area contributed by atoms with Gasteiger partial charge in [0.2, 0.25) is 0 Å². The van der Waals surface area contributed by atoms with Crippen LogP contribution in [0, 0.1) is 0 Å². The molecule has 2 N–H and O–H groups in total. The van der Waals surface area contributed by atoms with E-state index in [0.29, 0.717) is 11.7 Å². The number of ether oxygens (including phenoxy) is 2. The summed E-state index contributed by atoms with van der Waals surface area (Å²) in [7, 11) is 0. The minimum Gasteiger partial charge on any atom is -0.488 e. The Labute approximate surface area is 177 Å². The van der Waals surface area contributed by atoms with Crippen molar-refractivity contribution in [1.29, 1.82) is 0 Å². The number of nitrogens with one attached hydrogen (secondary N) is 2. The first-order chi connectivity index (χ1) is 14.2. The molecule has 2 aromatic rings. The predicted molar refractivity (Wildman–Crippen MR) is 120 cm³/mol. The number of para-hydroxylation sites is 1. The minimum absolute atomic E-state index is 0.514. The Morgan fingerprint density at radius 2 is 1.83 bits per heavy atom. The van der Waals surface area contributed by atoms with Gasteiger partial charge in [0.1, 0.15) is 12.4 Å². The van der Waals surface area contributed by atoms with E-state index in [1.165, 1.54) is 0 Å². The standard InChI is InChI=1S/C22H28N4O2S/c1-18(24-25-22(29)23-11-12-26-13-15-27-16-14-26)20-9-5-6-10-21(20)28-17-19-7-3-2-4-8-19/h2-10H,11-17H2,1H3,(H2,23,25,29)/b24-18-. The van der Waals surface area contributed by atoms with Crippen molar-refractivity contribution in [2.24, 2.45) is 5.10 Å². The van der Waals surface area contributed by atoms with Gasteiger partial charge in [-0.15, -0.1) is 0 Å². The molecule has 0 unspecified atom stereocenters. The fourth-order valence-corrected chi connectivity index (χ4v) is 3.16. The first kappa shape index (κ1) is 21.2. The molecule has 6 nitrogen and oxygen atoms in total. The molecule has 1 aliphatic heterocycles. The molecule has 7 heteroatoms. The highest BCUT2D eigenvalue weighted by Gasteiger charge is 2.10. The summed E-state index contributed by atoms with van der Waals surface area (Å²) in [4.78, 5) is 2.36. The zero-order valence-electron chi connectivity index (χ0n) is 16.8.